The van der Waals surface area contributed by atoms with Crippen LogP contribution in [0.3, 0.4) is 0 Å². The quantitative estimate of drug-likeness (QED) is 0.366. The van der Waals surface area contributed by atoms with Crippen molar-refractivity contribution in [1.29, 1.82) is 0 Å². The van der Waals surface area contributed by atoms with E-state index in [4.69, 9.17) is 9.57 Å². The monoisotopic (exact) mass is 506 g/mol. The maximum Gasteiger partial charge on any atom is 0.237 e. The molecule has 36 heavy (non-hydrogen) atoms. The first kappa shape index (κ1) is 26.3. The molecular weight excluding hydrogens is 460 g/mol. The van der Waals surface area contributed by atoms with Crippen LogP contribution >= 0.6 is 0 Å². The second-order valence-corrected chi connectivity index (χ2v) is 11.8. The van der Waals surface area contributed by atoms with Crippen molar-refractivity contribution in [1.82, 2.24) is 31.4 Å². The Hall–Kier alpha value is -1.30. The van der Waals surface area contributed by atoms with E-state index < -0.39 is 0 Å². The number of hydrazine groups is 1. The number of hydrogen-bond donors (Lipinski definition) is 4. The second kappa shape index (κ2) is 12.0. The van der Waals surface area contributed by atoms with Gasteiger partial charge in [-0.1, -0.05) is 12.8 Å². The summed E-state index contributed by atoms with van der Waals surface area (Å²) < 4.78 is 5.84. The van der Waals surface area contributed by atoms with Crippen LogP contribution in [0.25, 0.3) is 0 Å². The van der Waals surface area contributed by atoms with Gasteiger partial charge in [-0.2, -0.15) is 5.48 Å². The molecule has 204 valence electrons. The van der Waals surface area contributed by atoms with Crippen LogP contribution in [0.4, 0.5) is 0 Å². The predicted molar refractivity (Wildman–Crippen MR) is 135 cm³/mol. The molecule has 5 fully saturated rings. The molecule has 10 heteroatoms. The van der Waals surface area contributed by atoms with Crippen molar-refractivity contribution in [3.8, 4) is 0 Å². The summed E-state index contributed by atoms with van der Waals surface area (Å²) in [6.45, 7) is 3.27. The molecule has 8 unspecified atom stereocenters. The molecule has 2 aliphatic carbocycles. The zero-order valence-corrected chi connectivity index (χ0v) is 22.0. The van der Waals surface area contributed by atoms with Crippen molar-refractivity contribution in [3.63, 3.8) is 0 Å². The molecule has 0 aromatic rings. The number of rotatable bonds is 9. The van der Waals surface area contributed by atoms with Crippen molar-refractivity contribution in [2.45, 2.75) is 88.7 Å². The van der Waals surface area contributed by atoms with Gasteiger partial charge in [0.1, 0.15) is 6.23 Å². The topological polar surface area (TPSA) is 107 Å². The van der Waals surface area contributed by atoms with Gasteiger partial charge in [-0.15, -0.1) is 0 Å². The molecule has 3 saturated heterocycles. The summed E-state index contributed by atoms with van der Waals surface area (Å²) in [5.41, 5.74) is 9.33. The van der Waals surface area contributed by atoms with Gasteiger partial charge in [0.2, 0.25) is 11.8 Å². The highest BCUT2D eigenvalue weighted by atomic mass is 16.7. The zero-order valence-electron chi connectivity index (χ0n) is 22.0. The molecule has 0 bridgehead atoms. The Balaban J connectivity index is 0.982. The lowest BCUT2D eigenvalue weighted by molar-refractivity contribution is -0.134. The number of hydrogen-bond acceptors (Lipinski definition) is 8. The smallest absolute Gasteiger partial charge is 0.237 e. The number of carbonyl (C=O) groups is 2. The molecule has 10 nitrogen and oxygen atoms in total. The summed E-state index contributed by atoms with van der Waals surface area (Å²) in [5.74, 6) is 2.11. The number of ether oxygens (including phenoxy) is 1. The number of hydroxylamine groups is 1. The van der Waals surface area contributed by atoms with Crippen LogP contribution in [0.5, 0.6) is 0 Å². The lowest BCUT2D eigenvalue weighted by Gasteiger charge is -2.42. The lowest BCUT2D eigenvalue weighted by atomic mass is 9.74. The molecule has 5 aliphatic rings. The summed E-state index contributed by atoms with van der Waals surface area (Å²) in [7, 11) is 3.99. The van der Waals surface area contributed by atoms with Crippen LogP contribution in [0, 0.1) is 23.7 Å². The van der Waals surface area contributed by atoms with E-state index in [0.717, 1.165) is 51.8 Å². The third kappa shape index (κ3) is 6.22. The number of fused-ring (bicyclic) bond motifs is 2. The first-order valence-electron chi connectivity index (χ1n) is 14.2. The molecule has 5 rings (SSSR count). The Morgan fingerprint density at radius 1 is 1.06 bits per heavy atom. The SMILES string of the molecule is CN(CCN(C)C(=O)CCC1NC(C2CCC3OCCC3C2)NO1)CC1NNC(=O)C2CCCCC12. The molecule has 4 N–H and O–H groups in total. The van der Waals surface area contributed by atoms with Crippen molar-refractivity contribution >= 4 is 11.8 Å². The lowest BCUT2D eigenvalue weighted by Crippen LogP contribution is -2.62. The van der Waals surface area contributed by atoms with Crippen molar-refractivity contribution in [3.05, 3.63) is 0 Å². The van der Waals surface area contributed by atoms with Gasteiger partial charge in [0.15, 0.2) is 0 Å². The highest BCUT2D eigenvalue weighted by Gasteiger charge is 2.41. The minimum atomic E-state index is -0.122. The zero-order chi connectivity index (χ0) is 25.1. The molecule has 2 amide bonds. The van der Waals surface area contributed by atoms with Crippen molar-refractivity contribution in [2.24, 2.45) is 23.7 Å². The predicted octanol–water partition coefficient (Wildman–Crippen LogP) is 0.948. The van der Waals surface area contributed by atoms with E-state index in [-0.39, 0.29) is 36.2 Å². The van der Waals surface area contributed by atoms with Crippen LogP contribution in [-0.4, -0.2) is 86.5 Å². The Kier molecular flexibility index (Phi) is 8.80. The molecule has 0 aromatic carbocycles. The van der Waals surface area contributed by atoms with E-state index in [2.05, 4.69) is 33.6 Å². The third-order valence-corrected chi connectivity index (χ3v) is 9.37. The Morgan fingerprint density at radius 2 is 1.92 bits per heavy atom. The highest BCUT2D eigenvalue weighted by molar-refractivity contribution is 5.79. The first-order valence-corrected chi connectivity index (χ1v) is 14.2. The number of nitrogens with zero attached hydrogens (tertiary/aromatic N) is 2. The molecule has 3 heterocycles. The summed E-state index contributed by atoms with van der Waals surface area (Å²) in [6, 6.07) is 0.265. The van der Waals surface area contributed by atoms with E-state index in [9.17, 15) is 9.59 Å². The molecular formula is C26H46N6O4. The first-order chi connectivity index (χ1) is 17.5. The van der Waals surface area contributed by atoms with Gasteiger partial charge in [0, 0.05) is 51.7 Å². The van der Waals surface area contributed by atoms with Gasteiger partial charge in [0.25, 0.3) is 0 Å². The number of nitrogens with one attached hydrogen (secondary N) is 4. The van der Waals surface area contributed by atoms with Gasteiger partial charge >= 0.3 is 0 Å². The summed E-state index contributed by atoms with van der Waals surface area (Å²) in [5, 5.41) is 3.57. The van der Waals surface area contributed by atoms with Crippen molar-refractivity contribution in [2.75, 3.05) is 40.3 Å². The third-order valence-electron chi connectivity index (χ3n) is 9.37. The second-order valence-electron chi connectivity index (χ2n) is 11.8. The fourth-order valence-corrected chi connectivity index (χ4v) is 7.10. The number of carbonyl (C=O) groups excluding carboxylic acids is 2. The number of amides is 2. The van der Waals surface area contributed by atoms with Gasteiger partial charge in [-0.25, -0.2) is 5.43 Å². The van der Waals surface area contributed by atoms with Crippen LogP contribution in [0.2, 0.25) is 0 Å². The van der Waals surface area contributed by atoms with E-state index in [1.807, 2.05) is 11.9 Å². The van der Waals surface area contributed by atoms with Crippen molar-refractivity contribution < 1.29 is 19.2 Å². The number of likely N-dealkylation sites (N-methyl/N-ethyl adjacent to an activating group) is 2. The molecule has 8 atom stereocenters. The van der Waals surface area contributed by atoms with E-state index in [0.29, 0.717) is 43.2 Å². The minimum Gasteiger partial charge on any atom is -0.378 e. The molecule has 0 radical (unpaired) electrons. The van der Waals surface area contributed by atoms with Gasteiger partial charge in [-0.05, 0) is 69.7 Å². The fraction of sp³-hybridized carbons (Fsp3) is 0.923. The van der Waals surface area contributed by atoms with E-state index >= 15 is 0 Å². The maximum atomic E-state index is 12.8. The Bertz CT molecular complexity index is 771. The van der Waals surface area contributed by atoms with Gasteiger partial charge in [-0.3, -0.25) is 25.2 Å². The standard InChI is InChI=1S/C26H46N6O4/c1-31(16-21-19-5-3-4-6-20(19)26(34)29-28-21)12-13-32(2)24(33)10-9-23-27-25(30-36-23)18-7-8-22-17(15-18)11-14-35-22/h17-23,25,27-28,30H,3-16H2,1-2H3,(H,29,34). The minimum absolute atomic E-state index is 0.122. The molecule has 0 aromatic heterocycles. The fourth-order valence-electron chi connectivity index (χ4n) is 7.10. The highest BCUT2D eigenvalue weighted by Crippen LogP contribution is 2.39. The average molecular weight is 507 g/mol. The molecule has 3 aliphatic heterocycles. The van der Waals surface area contributed by atoms with Gasteiger partial charge < -0.3 is 14.5 Å². The summed E-state index contributed by atoms with van der Waals surface area (Å²) in [4.78, 5) is 34.8. The van der Waals surface area contributed by atoms with Crippen LogP contribution in [0.15, 0.2) is 0 Å². The van der Waals surface area contributed by atoms with E-state index in [1.54, 1.807) is 0 Å². The molecule has 0 spiro atoms. The Labute approximate surface area is 215 Å². The normalized spacial score (nSPS) is 38.5. The van der Waals surface area contributed by atoms with Crippen LogP contribution in [0.1, 0.15) is 64.2 Å². The van der Waals surface area contributed by atoms with Gasteiger partial charge in [0.05, 0.1) is 12.3 Å². The average Bonchev–Trinajstić information content (AvgIpc) is 3.57. The van der Waals surface area contributed by atoms with E-state index in [1.165, 1.54) is 19.3 Å². The molecule has 2 saturated carbocycles. The summed E-state index contributed by atoms with van der Waals surface area (Å²) >= 11 is 0. The van der Waals surface area contributed by atoms with Crippen LogP contribution in [-0.2, 0) is 19.2 Å². The largest absolute Gasteiger partial charge is 0.378 e. The summed E-state index contributed by atoms with van der Waals surface area (Å²) in [6.07, 6.45) is 10.8. The van der Waals surface area contributed by atoms with Crippen LogP contribution < -0.4 is 21.6 Å². The Morgan fingerprint density at radius 3 is 2.81 bits per heavy atom. The maximum absolute atomic E-state index is 12.8.